The van der Waals surface area contributed by atoms with Crippen molar-refractivity contribution in [3.63, 3.8) is 0 Å². The predicted molar refractivity (Wildman–Crippen MR) is 50.1 cm³/mol. The first kappa shape index (κ1) is 8.19. The van der Waals surface area contributed by atoms with Crippen LogP contribution >= 0.6 is 0 Å². The topological polar surface area (TPSA) is 38.6 Å². The van der Waals surface area contributed by atoms with Crippen LogP contribution in [0.5, 0.6) is 0 Å². The molecule has 2 heterocycles. The summed E-state index contributed by atoms with van der Waals surface area (Å²) in [5.41, 5.74) is 0. The van der Waals surface area contributed by atoms with E-state index in [-0.39, 0.29) is 0 Å². The molecule has 0 aromatic carbocycles. The largest absolute Gasteiger partial charge is 0.361 e. The molecule has 0 atom stereocenters. The smallest absolute Gasteiger partial charge is 0.282 e. The molecule has 2 aliphatic rings. The van der Waals surface area contributed by atoms with Gasteiger partial charge in [-0.05, 0) is 0 Å². The SMILES string of the molecule is O=CCCN1C=C[N+]2C=CN=C2C1. The highest BCUT2D eigenvalue weighted by Gasteiger charge is 2.28. The summed E-state index contributed by atoms with van der Waals surface area (Å²) in [6.45, 7) is 1.56. The van der Waals surface area contributed by atoms with E-state index < -0.39 is 0 Å². The Bertz CT molecular complexity index is 293. The molecule has 0 aromatic rings. The first-order chi connectivity index (χ1) is 6.40. The summed E-state index contributed by atoms with van der Waals surface area (Å²) in [4.78, 5) is 18.4. The van der Waals surface area contributed by atoms with Crippen LogP contribution in [0.3, 0.4) is 0 Å². The Hall–Kier alpha value is -1.42. The number of hydrogen-bond acceptors (Lipinski definition) is 4. The number of carbonyl (C=O) groups excluding carboxylic acids is 1. The van der Waals surface area contributed by atoms with Gasteiger partial charge in [-0.15, -0.1) is 0 Å². The van der Waals surface area contributed by atoms with Crippen molar-refractivity contribution in [1.29, 1.82) is 0 Å². The quantitative estimate of drug-likeness (QED) is 0.462. The molecule has 2 aliphatic heterocycles. The molecule has 0 fully saturated rings. The van der Waals surface area contributed by atoms with Crippen molar-refractivity contribution in [2.75, 3.05) is 13.1 Å². The predicted octanol–water partition coefficient (Wildman–Crippen LogP) is 0.386. The average Bonchev–Trinajstić information content (AvgIpc) is 2.61. The first-order valence-electron chi connectivity index (χ1n) is 4.28. The molecule has 0 N–H and O–H groups in total. The molecule has 4 nitrogen and oxygen atoms in total. The van der Waals surface area contributed by atoms with Crippen LogP contribution in [0.15, 0.2) is 29.8 Å². The normalized spacial score (nSPS) is 20.3. The average molecular weight is 177 g/mol. The van der Waals surface area contributed by atoms with Gasteiger partial charge in [0.05, 0.1) is 12.4 Å². The molecule has 0 saturated heterocycles. The molecule has 0 spiro atoms. The summed E-state index contributed by atoms with van der Waals surface area (Å²) in [5, 5.41) is 0. The lowest BCUT2D eigenvalue weighted by atomic mass is 10.3. The minimum Gasteiger partial charge on any atom is -0.361 e. The molecule has 0 amide bonds. The Morgan fingerprint density at radius 1 is 1.62 bits per heavy atom. The van der Waals surface area contributed by atoms with E-state index in [1.807, 2.05) is 23.5 Å². The third kappa shape index (κ3) is 1.67. The molecule has 67 valence electrons. The van der Waals surface area contributed by atoms with Gasteiger partial charge in [-0.1, -0.05) is 4.90 Å². The van der Waals surface area contributed by atoms with Crippen LogP contribution in [0.2, 0.25) is 0 Å². The van der Waals surface area contributed by atoms with Crippen LogP contribution in [0.25, 0.3) is 0 Å². The van der Waals surface area contributed by atoms with E-state index in [0.717, 1.165) is 25.2 Å². The number of aliphatic imine (C=N–C) groups is 1. The maximum absolute atomic E-state index is 10.2. The van der Waals surface area contributed by atoms with Crippen molar-refractivity contribution in [2.45, 2.75) is 6.42 Å². The molecule has 0 aliphatic carbocycles. The minimum absolute atomic E-state index is 0.574. The number of hydrogen-bond donors (Lipinski definition) is 0. The third-order valence-electron chi connectivity index (χ3n) is 2.07. The second-order valence-corrected chi connectivity index (χ2v) is 2.97. The van der Waals surface area contributed by atoms with Gasteiger partial charge in [0, 0.05) is 13.0 Å². The molecule has 0 unspecified atom stereocenters. The van der Waals surface area contributed by atoms with Gasteiger partial charge in [0.25, 0.3) is 5.84 Å². The Kier molecular flexibility index (Phi) is 2.23. The fourth-order valence-corrected chi connectivity index (χ4v) is 1.37. The van der Waals surface area contributed by atoms with Crippen molar-refractivity contribution < 1.29 is 4.79 Å². The summed E-state index contributed by atoms with van der Waals surface area (Å²) in [6.07, 6.45) is 9.15. The fourth-order valence-electron chi connectivity index (χ4n) is 1.37. The molecule has 13 heavy (non-hydrogen) atoms. The summed E-state index contributed by atoms with van der Waals surface area (Å²) >= 11 is 0. The Morgan fingerprint density at radius 3 is 3.38 bits per heavy atom. The van der Waals surface area contributed by atoms with Gasteiger partial charge in [-0.2, -0.15) is 4.99 Å². The lowest BCUT2D eigenvalue weighted by Crippen LogP contribution is -2.39. The van der Waals surface area contributed by atoms with E-state index in [0.29, 0.717) is 6.42 Å². The highest BCUT2D eigenvalue weighted by atomic mass is 16.1. The van der Waals surface area contributed by atoms with E-state index in [2.05, 4.69) is 9.89 Å². The summed E-state index contributed by atoms with van der Waals surface area (Å²) in [5.74, 6) is 1.02. The fraction of sp³-hybridized carbons (Fsp3) is 0.333. The van der Waals surface area contributed by atoms with Gasteiger partial charge in [-0.3, -0.25) is 0 Å². The molecule has 0 bridgehead atoms. The van der Waals surface area contributed by atoms with Crippen molar-refractivity contribution >= 4 is 12.1 Å². The van der Waals surface area contributed by atoms with Gasteiger partial charge in [0.1, 0.15) is 12.8 Å². The number of aldehydes is 1. The zero-order valence-electron chi connectivity index (χ0n) is 7.26. The molecule has 1 radical (unpaired) electrons. The summed E-state index contributed by atoms with van der Waals surface area (Å²) in [7, 11) is 0. The minimum atomic E-state index is 0.574. The lowest BCUT2D eigenvalue weighted by molar-refractivity contribution is -0.108. The zero-order valence-corrected chi connectivity index (χ0v) is 7.26. The van der Waals surface area contributed by atoms with Crippen LogP contribution in [0.4, 0.5) is 0 Å². The molecular formula is C9H11N3O+. The third-order valence-corrected chi connectivity index (χ3v) is 2.07. The van der Waals surface area contributed by atoms with E-state index in [1.165, 1.54) is 0 Å². The number of fused-ring (bicyclic) bond motifs is 1. The molecule has 0 saturated carbocycles. The zero-order chi connectivity index (χ0) is 9.10. The van der Waals surface area contributed by atoms with Gasteiger partial charge < -0.3 is 9.69 Å². The van der Waals surface area contributed by atoms with Crippen molar-refractivity contribution in [1.82, 2.24) is 9.80 Å². The van der Waals surface area contributed by atoms with Crippen LogP contribution in [0.1, 0.15) is 6.42 Å². The molecular weight excluding hydrogens is 166 g/mol. The second kappa shape index (κ2) is 3.53. The van der Waals surface area contributed by atoms with Gasteiger partial charge in [0.2, 0.25) is 0 Å². The van der Waals surface area contributed by atoms with Crippen LogP contribution in [0, 0.1) is 0 Å². The van der Waals surface area contributed by atoms with Crippen LogP contribution in [-0.4, -0.2) is 30.1 Å². The van der Waals surface area contributed by atoms with Crippen LogP contribution < -0.4 is 4.90 Å². The number of rotatable bonds is 3. The van der Waals surface area contributed by atoms with Gasteiger partial charge in [0.15, 0.2) is 12.4 Å². The standard InChI is InChI=1S/C9H11N3O/c13-7-1-3-11-5-6-12-4-2-10-9(12)8-11/h2,4-7H,1,3,8H2/q+1. The first-order valence-corrected chi connectivity index (χ1v) is 4.28. The highest BCUT2D eigenvalue weighted by molar-refractivity contribution is 5.91. The second-order valence-electron chi connectivity index (χ2n) is 2.97. The number of carbonyl (C=O) groups is 1. The van der Waals surface area contributed by atoms with E-state index in [9.17, 15) is 4.79 Å². The van der Waals surface area contributed by atoms with E-state index in [1.54, 1.807) is 6.20 Å². The Balaban J connectivity index is 1.97. The maximum atomic E-state index is 10.2. The van der Waals surface area contributed by atoms with Gasteiger partial charge in [-0.25, -0.2) is 0 Å². The molecule has 4 heteroatoms. The maximum Gasteiger partial charge on any atom is 0.282 e. The number of amidine groups is 1. The highest BCUT2D eigenvalue weighted by Crippen LogP contribution is 2.08. The molecule has 2 rings (SSSR count). The number of nitrogens with zero attached hydrogens (tertiary/aromatic N) is 3. The summed E-state index contributed by atoms with van der Waals surface area (Å²) < 4.78 is 0. The van der Waals surface area contributed by atoms with Crippen LogP contribution in [-0.2, 0) is 4.79 Å². The Morgan fingerprint density at radius 2 is 2.54 bits per heavy atom. The van der Waals surface area contributed by atoms with Crippen molar-refractivity contribution in [2.24, 2.45) is 4.99 Å². The van der Waals surface area contributed by atoms with Crippen molar-refractivity contribution in [3.8, 4) is 0 Å². The monoisotopic (exact) mass is 177 g/mol. The lowest BCUT2D eigenvalue weighted by Gasteiger charge is -2.20. The molecule has 0 aromatic heterocycles. The van der Waals surface area contributed by atoms with E-state index in [4.69, 9.17) is 0 Å². The van der Waals surface area contributed by atoms with E-state index >= 15 is 0 Å². The van der Waals surface area contributed by atoms with Crippen molar-refractivity contribution in [3.05, 3.63) is 24.8 Å². The summed E-state index contributed by atoms with van der Waals surface area (Å²) in [6, 6.07) is 0. The van der Waals surface area contributed by atoms with Gasteiger partial charge >= 0.3 is 0 Å². The Labute approximate surface area is 76.8 Å².